The topological polar surface area (TPSA) is 39.9 Å². The molecule has 0 saturated heterocycles. The van der Waals surface area contributed by atoms with Crippen molar-refractivity contribution >= 4 is 11.6 Å². The molecular weight excluding hydrogens is 377 g/mol. The van der Waals surface area contributed by atoms with Crippen molar-refractivity contribution in [1.82, 2.24) is 14.5 Å². The SMILES string of the molecule is COc1cc(F)ccc1Cc1nc(-c2ccncc2)cn1-c1ccc(Cl)cc1. The zero-order valence-corrected chi connectivity index (χ0v) is 15.9. The Balaban J connectivity index is 1.81. The second kappa shape index (κ2) is 7.82. The maximum Gasteiger partial charge on any atom is 0.126 e. The largest absolute Gasteiger partial charge is 0.496 e. The molecule has 140 valence electrons. The van der Waals surface area contributed by atoms with Gasteiger partial charge in [0.1, 0.15) is 17.4 Å². The molecule has 2 heterocycles. The molecule has 0 aliphatic carbocycles. The first kappa shape index (κ1) is 18.2. The molecule has 4 nitrogen and oxygen atoms in total. The first-order valence-electron chi connectivity index (χ1n) is 8.71. The van der Waals surface area contributed by atoms with Crippen LogP contribution in [0.25, 0.3) is 16.9 Å². The van der Waals surface area contributed by atoms with E-state index in [2.05, 4.69) is 4.98 Å². The van der Waals surface area contributed by atoms with Crippen LogP contribution in [-0.2, 0) is 6.42 Å². The van der Waals surface area contributed by atoms with Gasteiger partial charge in [0.2, 0.25) is 0 Å². The molecule has 0 spiro atoms. The van der Waals surface area contributed by atoms with E-state index in [-0.39, 0.29) is 5.82 Å². The smallest absolute Gasteiger partial charge is 0.126 e. The van der Waals surface area contributed by atoms with Crippen LogP contribution in [0.15, 0.2) is 73.2 Å². The quantitative estimate of drug-likeness (QED) is 0.460. The van der Waals surface area contributed by atoms with Crippen molar-refractivity contribution in [1.29, 1.82) is 0 Å². The molecule has 0 radical (unpaired) electrons. The molecule has 0 amide bonds. The average Bonchev–Trinajstić information content (AvgIpc) is 3.14. The summed E-state index contributed by atoms with van der Waals surface area (Å²) in [5.41, 5.74) is 3.59. The van der Waals surface area contributed by atoms with Crippen LogP contribution in [0.4, 0.5) is 4.39 Å². The highest BCUT2D eigenvalue weighted by atomic mass is 35.5. The summed E-state index contributed by atoms with van der Waals surface area (Å²) in [5, 5.41) is 0.667. The molecule has 4 rings (SSSR count). The summed E-state index contributed by atoms with van der Waals surface area (Å²) >= 11 is 6.04. The van der Waals surface area contributed by atoms with E-state index < -0.39 is 0 Å². The van der Waals surface area contributed by atoms with Gasteiger partial charge in [-0.1, -0.05) is 17.7 Å². The first-order valence-corrected chi connectivity index (χ1v) is 9.09. The normalized spacial score (nSPS) is 10.8. The van der Waals surface area contributed by atoms with Crippen molar-refractivity contribution in [2.45, 2.75) is 6.42 Å². The van der Waals surface area contributed by atoms with Crippen LogP contribution in [-0.4, -0.2) is 21.6 Å². The van der Waals surface area contributed by atoms with Gasteiger partial charge in [-0.25, -0.2) is 9.37 Å². The molecular formula is C22H17ClFN3O. The number of benzene rings is 2. The van der Waals surface area contributed by atoms with E-state index in [4.69, 9.17) is 21.3 Å². The van der Waals surface area contributed by atoms with Gasteiger partial charge in [-0.05, 0) is 42.5 Å². The molecule has 2 aromatic carbocycles. The lowest BCUT2D eigenvalue weighted by atomic mass is 10.1. The number of halogens is 2. The van der Waals surface area contributed by atoms with E-state index in [0.29, 0.717) is 17.2 Å². The van der Waals surface area contributed by atoms with Gasteiger partial charge in [0.05, 0.1) is 12.8 Å². The van der Waals surface area contributed by atoms with Crippen LogP contribution in [0, 0.1) is 5.82 Å². The second-order valence-corrected chi connectivity index (χ2v) is 6.69. The molecule has 28 heavy (non-hydrogen) atoms. The fourth-order valence-electron chi connectivity index (χ4n) is 3.07. The summed E-state index contributed by atoms with van der Waals surface area (Å²) < 4.78 is 20.9. The van der Waals surface area contributed by atoms with Crippen molar-refractivity contribution in [2.75, 3.05) is 7.11 Å². The zero-order chi connectivity index (χ0) is 19.5. The summed E-state index contributed by atoms with van der Waals surface area (Å²) in [5.74, 6) is 0.967. The van der Waals surface area contributed by atoms with Crippen LogP contribution in [0.2, 0.25) is 5.02 Å². The van der Waals surface area contributed by atoms with E-state index in [1.54, 1.807) is 18.5 Å². The van der Waals surface area contributed by atoms with E-state index in [1.807, 2.05) is 47.2 Å². The van der Waals surface area contributed by atoms with Gasteiger partial charge in [-0.3, -0.25) is 4.98 Å². The minimum Gasteiger partial charge on any atom is -0.496 e. The van der Waals surface area contributed by atoms with Crippen LogP contribution in [0.5, 0.6) is 5.75 Å². The van der Waals surface area contributed by atoms with E-state index in [0.717, 1.165) is 28.3 Å². The molecule has 6 heteroatoms. The van der Waals surface area contributed by atoms with Crippen molar-refractivity contribution in [3.05, 3.63) is 95.4 Å². The fraction of sp³-hybridized carbons (Fsp3) is 0.0909. The van der Waals surface area contributed by atoms with Gasteiger partial charge in [-0.2, -0.15) is 0 Å². The lowest BCUT2D eigenvalue weighted by molar-refractivity contribution is 0.406. The molecule has 0 unspecified atom stereocenters. The Hall–Kier alpha value is -3.18. The van der Waals surface area contributed by atoms with Gasteiger partial charge in [0.15, 0.2) is 0 Å². The number of pyridine rings is 1. The minimum absolute atomic E-state index is 0.334. The molecule has 0 atom stereocenters. The van der Waals surface area contributed by atoms with Crippen molar-refractivity contribution in [3.63, 3.8) is 0 Å². The van der Waals surface area contributed by atoms with Gasteiger partial charge in [0.25, 0.3) is 0 Å². The van der Waals surface area contributed by atoms with E-state index in [9.17, 15) is 4.39 Å². The maximum atomic E-state index is 13.6. The van der Waals surface area contributed by atoms with Gasteiger partial charge in [-0.15, -0.1) is 0 Å². The summed E-state index contributed by atoms with van der Waals surface area (Å²) in [6.45, 7) is 0. The number of ether oxygens (including phenoxy) is 1. The molecule has 4 aromatic rings. The molecule has 0 saturated carbocycles. The lowest BCUT2D eigenvalue weighted by Crippen LogP contribution is -2.03. The van der Waals surface area contributed by atoms with Crippen LogP contribution < -0.4 is 4.74 Å². The second-order valence-electron chi connectivity index (χ2n) is 6.26. The Morgan fingerprint density at radius 3 is 2.50 bits per heavy atom. The van der Waals surface area contributed by atoms with E-state index in [1.165, 1.54) is 19.2 Å². The number of methoxy groups -OCH3 is 1. The molecule has 0 fully saturated rings. The first-order chi connectivity index (χ1) is 13.6. The predicted molar refractivity (Wildman–Crippen MR) is 108 cm³/mol. The Morgan fingerprint density at radius 2 is 1.79 bits per heavy atom. The number of imidazole rings is 1. The van der Waals surface area contributed by atoms with Crippen LogP contribution >= 0.6 is 11.6 Å². The Morgan fingerprint density at radius 1 is 1.04 bits per heavy atom. The number of aromatic nitrogens is 3. The van der Waals surface area contributed by atoms with Crippen LogP contribution in [0.1, 0.15) is 11.4 Å². The van der Waals surface area contributed by atoms with Gasteiger partial charge in [0, 0.05) is 52.9 Å². The number of hydrogen-bond donors (Lipinski definition) is 0. The third kappa shape index (κ3) is 3.75. The Bertz CT molecular complexity index is 1090. The van der Waals surface area contributed by atoms with Crippen molar-refractivity contribution < 1.29 is 9.13 Å². The highest BCUT2D eigenvalue weighted by Gasteiger charge is 2.14. The third-order valence-electron chi connectivity index (χ3n) is 4.46. The van der Waals surface area contributed by atoms with Crippen LogP contribution in [0.3, 0.4) is 0 Å². The van der Waals surface area contributed by atoms with E-state index >= 15 is 0 Å². The highest BCUT2D eigenvalue weighted by Crippen LogP contribution is 2.27. The molecule has 0 N–H and O–H groups in total. The Labute approximate surface area is 167 Å². The summed E-state index contributed by atoms with van der Waals surface area (Å²) in [7, 11) is 1.53. The summed E-state index contributed by atoms with van der Waals surface area (Å²) in [6.07, 6.45) is 5.93. The Kier molecular flexibility index (Phi) is 5.08. The molecule has 0 aliphatic heterocycles. The number of rotatable bonds is 5. The zero-order valence-electron chi connectivity index (χ0n) is 15.1. The fourth-order valence-corrected chi connectivity index (χ4v) is 3.19. The monoisotopic (exact) mass is 393 g/mol. The molecule has 0 aliphatic rings. The number of nitrogens with zero attached hydrogens (tertiary/aromatic N) is 3. The minimum atomic E-state index is -0.334. The molecule has 2 aromatic heterocycles. The summed E-state index contributed by atoms with van der Waals surface area (Å²) in [6, 6.07) is 15.9. The summed E-state index contributed by atoms with van der Waals surface area (Å²) in [4.78, 5) is 8.89. The lowest BCUT2D eigenvalue weighted by Gasteiger charge is -2.11. The third-order valence-corrected chi connectivity index (χ3v) is 4.71. The van der Waals surface area contributed by atoms with Crippen molar-refractivity contribution in [2.24, 2.45) is 0 Å². The standard InChI is InChI=1S/C22H17ClFN3O/c1-28-21-13-18(24)5-2-16(21)12-22-26-20(15-8-10-25-11-9-15)14-27(22)19-6-3-17(23)4-7-19/h2-11,13-14H,12H2,1H3. The van der Waals surface area contributed by atoms with Crippen molar-refractivity contribution in [3.8, 4) is 22.7 Å². The predicted octanol–water partition coefficient (Wildman–Crippen LogP) is 5.33. The highest BCUT2D eigenvalue weighted by molar-refractivity contribution is 6.30. The number of hydrogen-bond acceptors (Lipinski definition) is 3. The van der Waals surface area contributed by atoms with Gasteiger partial charge < -0.3 is 9.30 Å². The average molecular weight is 394 g/mol. The maximum absolute atomic E-state index is 13.6. The molecule has 0 bridgehead atoms. The van der Waals surface area contributed by atoms with Gasteiger partial charge >= 0.3 is 0 Å².